The van der Waals surface area contributed by atoms with Gasteiger partial charge in [0.1, 0.15) is 5.78 Å². The zero-order valence-electron chi connectivity index (χ0n) is 8.12. The van der Waals surface area contributed by atoms with Crippen molar-refractivity contribution in [2.45, 2.75) is 48.0 Å². The number of carbonyl (C=O) groups excluding carboxylic acids is 1. The molecule has 0 aliphatic carbocycles. The van der Waals surface area contributed by atoms with Gasteiger partial charge in [0.25, 0.3) is 0 Å². The molecule has 0 fully saturated rings. The van der Waals surface area contributed by atoms with Gasteiger partial charge in [0.15, 0.2) is 0 Å². The first-order chi connectivity index (χ1) is 4.27. The van der Waals surface area contributed by atoms with E-state index in [-0.39, 0.29) is 5.78 Å². The average Bonchev–Trinajstić information content (AvgIpc) is 1.61. The standard InChI is InChI=1S/C5H12.C4H8O/c1-5(2,3)4;1-3-4(2)5/h1-4H3;3H2,1-2H3. The lowest BCUT2D eigenvalue weighted by atomic mass is 10.0. The second-order valence-electron chi connectivity index (χ2n) is 4.06. The zero-order chi connectivity index (χ0) is 8.78. The van der Waals surface area contributed by atoms with Gasteiger partial charge in [0.05, 0.1) is 0 Å². The molecule has 0 heterocycles. The Morgan fingerprint density at radius 2 is 1.30 bits per heavy atom. The summed E-state index contributed by atoms with van der Waals surface area (Å²) in [5.41, 5.74) is 0.500. The van der Waals surface area contributed by atoms with Crippen molar-refractivity contribution in [2.24, 2.45) is 5.41 Å². The van der Waals surface area contributed by atoms with Crippen LogP contribution in [0, 0.1) is 5.41 Å². The third kappa shape index (κ3) is 122. The van der Waals surface area contributed by atoms with Gasteiger partial charge in [-0.3, -0.25) is 0 Å². The van der Waals surface area contributed by atoms with Gasteiger partial charge in [0, 0.05) is 6.42 Å². The lowest BCUT2D eigenvalue weighted by Crippen LogP contribution is -1.93. The Hall–Kier alpha value is -0.330. The van der Waals surface area contributed by atoms with Crippen LogP contribution in [-0.4, -0.2) is 5.78 Å². The fraction of sp³-hybridized carbons (Fsp3) is 0.889. The summed E-state index contributed by atoms with van der Waals surface area (Å²) in [5, 5.41) is 0. The van der Waals surface area contributed by atoms with Gasteiger partial charge in [-0.1, -0.05) is 34.6 Å². The summed E-state index contributed by atoms with van der Waals surface area (Å²) in [6.07, 6.45) is 0.667. The lowest BCUT2D eigenvalue weighted by molar-refractivity contribution is -0.116. The van der Waals surface area contributed by atoms with Gasteiger partial charge in [0.2, 0.25) is 0 Å². The molecule has 0 unspecified atom stereocenters. The summed E-state index contributed by atoms with van der Waals surface area (Å²) in [6.45, 7) is 12.2. The van der Waals surface area contributed by atoms with E-state index in [4.69, 9.17) is 0 Å². The molecule has 0 radical (unpaired) electrons. The van der Waals surface area contributed by atoms with E-state index in [1.807, 2.05) is 6.92 Å². The smallest absolute Gasteiger partial charge is 0.129 e. The van der Waals surface area contributed by atoms with E-state index in [0.717, 1.165) is 0 Å². The number of rotatable bonds is 1. The summed E-state index contributed by atoms with van der Waals surface area (Å²) in [4.78, 5) is 9.81. The number of hydrogen-bond donors (Lipinski definition) is 0. The third-order valence-corrected chi connectivity index (χ3v) is 0.498. The van der Waals surface area contributed by atoms with Crippen LogP contribution in [0.25, 0.3) is 0 Å². The Morgan fingerprint density at radius 3 is 1.30 bits per heavy atom. The average molecular weight is 144 g/mol. The third-order valence-electron chi connectivity index (χ3n) is 0.498. The van der Waals surface area contributed by atoms with Gasteiger partial charge in [-0.25, -0.2) is 0 Å². The summed E-state index contributed by atoms with van der Waals surface area (Å²) in [7, 11) is 0. The summed E-state index contributed by atoms with van der Waals surface area (Å²) >= 11 is 0. The van der Waals surface area contributed by atoms with Crippen LogP contribution in [0.3, 0.4) is 0 Å². The molecule has 0 saturated heterocycles. The first-order valence-electron chi connectivity index (χ1n) is 3.76. The summed E-state index contributed by atoms with van der Waals surface area (Å²) in [5.74, 6) is 0.255. The van der Waals surface area contributed by atoms with Crippen molar-refractivity contribution in [3.05, 3.63) is 0 Å². The van der Waals surface area contributed by atoms with E-state index in [1.165, 1.54) is 0 Å². The first-order valence-corrected chi connectivity index (χ1v) is 3.76. The lowest BCUT2D eigenvalue weighted by Gasteiger charge is -2.05. The molecule has 0 saturated carbocycles. The molecule has 0 spiro atoms. The molecule has 0 aliphatic rings. The van der Waals surface area contributed by atoms with Crippen LogP contribution in [0.2, 0.25) is 0 Å². The molecule has 0 bridgehead atoms. The van der Waals surface area contributed by atoms with E-state index in [0.29, 0.717) is 11.8 Å². The molecule has 0 aromatic heterocycles. The topological polar surface area (TPSA) is 17.1 Å². The highest BCUT2D eigenvalue weighted by Gasteiger charge is 1.95. The summed E-state index contributed by atoms with van der Waals surface area (Å²) in [6, 6.07) is 0. The van der Waals surface area contributed by atoms with Gasteiger partial charge in [-0.15, -0.1) is 0 Å². The molecule has 1 nitrogen and oxygen atoms in total. The minimum absolute atomic E-state index is 0.255. The molecule has 0 aromatic rings. The van der Waals surface area contributed by atoms with Crippen molar-refractivity contribution < 1.29 is 4.79 Å². The molecular weight excluding hydrogens is 124 g/mol. The number of ketones is 1. The van der Waals surface area contributed by atoms with E-state index < -0.39 is 0 Å². The Balaban J connectivity index is 0. The van der Waals surface area contributed by atoms with Crippen LogP contribution >= 0.6 is 0 Å². The van der Waals surface area contributed by atoms with E-state index in [1.54, 1.807) is 6.92 Å². The summed E-state index contributed by atoms with van der Waals surface area (Å²) < 4.78 is 0. The number of hydrogen-bond acceptors (Lipinski definition) is 1. The number of carbonyl (C=O) groups is 1. The molecule has 62 valence electrons. The molecule has 0 N–H and O–H groups in total. The van der Waals surface area contributed by atoms with Crippen LogP contribution in [0.15, 0.2) is 0 Å². The molecule has 1 heteroatoms. The van der Waals surface area contributed by atoms with Crippen LogP contribution < -0.4 is 0 Å². The van der Waals surface area contributed by atoms with Crippen LogP contribution in [0.4, 0.5) is 0 Å². The van der Waals surface area contributed by atoms with Gasteiger partial charge in [-0.05, 0) is 12.3 Å². The highest BCUT2D eigenvalue weighted by molar-refractivity contribution is 5.74. The van der Waals surface area contributed by atoms with Gasteiger partial charge >= 0.3 is 0 Å². The van der Waals surface area contributed by atoms with E-state index in [2.05, 4.69) is 27.7 Å². The monoisotopic (exact) mass is 144 g/mol. The van der Waals surface area contributed by atoms with Gasteiger partial charge < -0.3 is 4.79 Å². The molecule has 0 rings (SSSR count). The largest absolute Gasteiger partial charge is 0.300 e. The molecular formula is C9H20O. The van der Waals surface area contributed by atoms with Crippen molar-refractivity contribution >= 4 is 5.78 Å². The van der Waals surface area contributed by atoms with Crippen molar-refractivity contribution in [3.63, 3.8) is 0 Å². The first kappa shape index (κ1) is 12.4. The normalized spacial score (nSPS) is 9.80. The maximum absolute atomic E-state index is 9.81. The van der Waals surface area contributed by atoms with Gasteiger partial charge in [-0.2, -0.15) is 0 Å². The van der Waals surface area contributed by atoms with Crippen LogP contribution in [0.5, 0.6) is 0 Å². The fourth-order valence-electron chi connectivity index (χ4n) is 0. The minimum Gasteiger partial charge on any atom is -0.300 e. The Bertz CT molecular complexity index is 81.4. The van der Waals surface area contributed by atoms with Crippen molar-refractivity contribution in [2.75, 3.05) is 0 Å². The molecule has 0 amide bonds. The Kier molecular flexibility index (Phi) is 6.74. The maximum Gasteiger partial charge on any atom is 0.129 e. The molecule has 0 aromatic carbocycles. The minimum atomic E-state index is 0.255. The second-order valence-corrected chi connectivity index (χ2v) is 4.06. The molecule has 0 aliphatic heterocycles. The second kappa shape index (κ2) is 5.45. The number of Topliss-reactive ketones (excluding diaryl/α,β-unsaturated/α-hetero) is 1. The van der Waals surface area contributed by atoms with Crippen molar-refractivity contribution in [1.29, 1.82) is 0 Å². The predicted molar refractivity (Wildman–Crippen MR) is 46.1 cm³/mol. The molecule has 10 heavy (non-hydrogen) atoms. The van der Waals surface area contributed by atoms with Crippen molar-refractivity contribution in [1.82, 2.24) is 0 Å². The van der Waals surface area contributed by atoms with Crippen LogP contribution in [-0.2, 0) is 4.79 Å². The highest BCUT2D eigenvalue weighted by atomic mass is 16.1. The van der Waals surface area contributed by atoms with E-state index >= 15 is 0 Å². The molecule has 0 atom stereocenters. The predicted octanol–water partition coefficient (Wildman–Crippen LogP) is 3.04. The SMILES string of the molecule is CC(C)(C)C.CCC(C)=O. The Labute approximate surface area is 64.8 Å². The quantitative estimate of drug-likeness (QED) is 0.553. The highest BCUT2D eigenvalue weighted by Crippen LogP contribution is 2.07. The van der Waals surface area contributed by atoms with Crippen molar-refractivity contribution in [3.8, 4) is 0 Å². The fourth-order valence-corrected chi connectivity index (χ4v) is 0. The van der Waals surface area contributed by atoms with E-state index in [9.17, 15) is 4.79 Å². The van der Waals surface area contributed by atoms with Crippen LogP contribution in [0.1, 0.15) is 48.0 Å². The Morgan fingerprint density at radius 1 is 1.20 bits per heavy atom. The maximum atomic E-state index is 9.81. The zero-order valence-corrected chi connectivity index (χ0v) is 8.12.